The van der Waals surface area contributed by atoms with Gasteiger partial charge in [0, 0.05) is 16.1 Å². The summed E-state index contributed by atoms with van der Waals surface area (Å²) in [6.07, 6.45) is 0. The van der Waals surface area contributed by atoms with Crippen LogP contribution in [-0.2, 0) is 0 Å². The highest BCUT2D eigenvalue weighted by atomic mass is 79.9. The molecule has 2 rings (SSSR count). The van der Waals surface area contributed by atoms with Crippen molar-refractivity contribution in [2.75, 3.05) is 0 Å². The molecule has 0 heterocycles. The molecule has 1 unspecified atom stereocenters. The van der Waals surface area contributed by atoms with Crippen LogP contribution >= 0.6 is 15.9 Å². The number of ether oxygens (including phenoxy) is 1. The first-order valence-electron chi connectivity index (χ1n) is 5.76. The van der Waals surface area contributed by atoms with Crippen molar-refractivity contribution in [2.45, 2.75) is 13.0 Å². The van der Waals surface area contributed by atoms with Gasteiger partial charge in [-0.2, -0.15) is 4.39 Å². The highest BCUT2D eigenvalue weighted by Crippen LogP contribution is 2.34. The van der Waals surface area contributed by atoms with Crippen LogP contribution in [0.3, 0.4) is 0 Å². The maximum atomic E-state index is 13.8. The van der Waals surface area contributed by atoms with Crippen LogP contribution in [0.2, 0.25) is 0 Å². The van der Waals surface area contributed by atoms with E-state index in [1.165, 1.54) is 12.1 Å². The van der Waals surface area contributed by atoms with Crippen LogP contribution in [0.4, 0.5) is 13.2 Å². The predicted molar refractivity (Wildman–Crippen MR) is 73.1 cm³/mol. The molecule has 0 spiro atoms. The van der Waals surface area contributed by atoms with Gasteiger partial charge in [-0.3, -0.25) is 0 Å². The Kier molecular flexibility index (Phi) is 4.35. The third-order valence-electron chi connectivity index (χ3n) is 2.66. The lowest BCUT2D eigenvalue weighted by Crippen LogP contribution is -2.08. The average Bonchev–Trinajstić information content (AvgIpc) is 2.37. The van der Waals surface area contributed by atoms with Crippen molar-refractivity contribution in [3.63, 3.8) is 0 Å². The van der Waals surface area contributed by atoms with E-state index in [0.717, 1.165) is 12.1 Å². The van der Waals surface area contributed by atoms with E-state index in [9.17, 15) is 13.2 Å². The summed E-state index contributed by atoms with van der Waals surface area (Å²) in [7, 11) is 0. The van der Waals surface area contributed by atoms with Crippen LogP contribution in [0, 0.1) is 17.5 Å². The van der Waals surface area contributed by atoms with Gasteiger partial charge in [0.1, 0.15) is 0 Å². The van der Waals surface area contributed by atoms with Crippen LogP contribution in [0.15, 0.2) is 34.8 Å². The van der Waals surface area contributed by atoms with Gasteiger partial charge in [0.05, 0.1) is 0 Å². The number of halogens is 4. The second-order valence-electron chi connectivity index (χ2n) is 4.25. The van der Waals surface area contributed by atoms with E-state index >= 15 is 0 Å². The lowest BCUT2D eigenvalue weighted by molar-refractivity contribution is 0.391. The van der Waals surface area contributed by atoms with Gasteiger partial charge in [-0.1, -0.05) is 28.1 Å². The van der Waals surface area contributed by atoms with Crippen LogP contribution in [0.25, 0.3) is 0 Å². The summed E-state index contributed by atoms with van der Waals surface area (Å²) < 4.78 is 46.3. The molecule has 6 heteroatoms. The summed E-state index contributed by atoms with van der Waals surface area (Å²) in [5.74, 6) is -3.59. The van der Waals surface area contributed by atoms with Crippen LogP contribution < -0.4 is 10.5 Å². The van der Waals surface area contributed by atoms with Crippen molar-refractivity contribution in [1.82, 2.24) is 0 Å². The van der Waals surface area contributed by atoms with E-state index < -0.39 is 29.2 Å². The lowest BCUT2D eigenvalue weighted by Gasteiger charge is -2.15. The van der Waals surface area contributed by atoms with Crippen molar-refractivity contribution >= 4 is 15.9 Å². The monoisotopic (exact) mass is 345 g/mol. The number of hydrogen-bond acceptors (Lipinski definition) is 2. The zero-order valence-electron chi connectivity index (χ0n) is 10.5. The van der Waals surface area contributed by atoms with E-state index in [0.29, 0.717) is 5.56 Å². The van der Waals surface area contributed by atoms with Crippen molar-refractivity contribution < 1.29 is 17.9 Å². The van der Waals surface area contributed by atoms with Crippen LogP contribution in [0.5, 0.6) is 11.5 Å². The van der Waals surface area contributed by atoms with Gasteiger partial charge in [-0.25, -0.2) is 8.78 Å². The second-order valence-corrected chi connectivity index (χ2v) is 5.16. The van der Waals surface area contributed by atoms with Gasteiger partial charge < -0.3 is 10.5 Å². The molecule has 0 bridgehead atoms. The van der Waals surface area contributed by atoms with Gasteiger partial charge in [-0.05, 0) is 25.1 Å². The smallest absolute Gasteiger partial charge is 0.201 e. The van der Waals surface area contributed by atoms with E-state index in [2.05, 4.69) is 15.9 Å². The van der Waals surface area contributed by atoms with Gasteiger partial charge in [0.2, 0.25) is 5.82 Å². The van der Waals surface area contributed by atoms with E-state index in [1.807, 2.05) is 0 Å². The zero-order chi connectivity index (χ0) is 14.9. The molecular formula is C14H11BrF3NO. The van der Waals surface area contributed by atoms with Gasteiger partial charge in [0.25, 0.3) is 0 Å². The molecule has 0 amide bonds. The molecule has 0 aliphatic carbocycles. The minimum Gasteiger partial charge on any atom is -0.451 e. The summed E-state index contributed by atoms with van der Waals surface area (Å²) in [6.45, 7) is 1.64. The third-order valence-corrected chi connectivity index (χ3v) is 3.12. The van der Waals surface area contributed by atoms with Crippen molar-refractivity contribution in [1.29, 1.82) is 0 Å². The average molecular weight is 346 g/mol. The van der Waals surface area contributed by atoms with Crippen molar-refractivity contribution in [2.24, 2.45) is 5.73 Å². The molecule has 1 atom stereocenters. The molecular weight excluding hydrogens is 335 g/mol. The molecule has 0 aliphatic heterocycles. The normalized spacial score (nSPS) is 12.3. The maximum absolute atomic E-state index is 13.8. The van der Waals surface area contributed by atoms with Gasteiger partial charge in [0.15, 0.2) is 23.1 Å². The zero-order valence-corrected chi connectivity index (χ0v) is 12.0. The van der Waals surface area contributed by atoms with E-state index in [1.54, 1.807) is 13.0 Å². The molecule has 2 N–H and O–H groups in total. The molecule has 0 saturated heterocycles. The summed E-state index contributed by atoms with van der Waals surface area (Å²) in [5.41, 5.74) is 6.08. The fraction of sp³-hybridized carbons (Fsp3) is 0.143. The topological polar surface area (TPSA) is 35.2 Å². The van der Waals surface area contributed by atoms with E-state index in [4.69, 9.17) is 10.5 Å². The standard InChI is InChI=1S/C14H11BrF3NO/c1-7(19)9-3-2-4-10(16)14(9)20-12-6-8(15)5-11(17)13(12)18/h2-7H,19H2,1H3. The molecule has 0 fully saturated rings. The first kappa shape index (κ1) is 14.9. The number of rotatable bonds is 3. The minimum absolute atomic E-state index is 0.209. The Morgan fingerprint density at radius 2 is 1.85 bits per heavy atom. The quantitative estimate of drug-likeness (QED) is 0.819. The second kappa shape index (κ2) is 5.85. The lowest BCUT2D eigenvalue weighted by atomic mass is 10.1. The SMILES string of the molecule is CC(N)c1cccc(F)c1Oc1cc(Br)cc(F)c1F. The number of hydrogen-bond donors (Lipinski definition) is 1. The molecule has 20 heavy (non-hydrogen) atoms. The maximum Gasteiger partial charge on any atom is 0.201 e. The Morgan fingerprint density at radius 1 is 1.15 bits per heavy atom. The Hall–Kier alpha value is -1.53. The molecule has 2 aromatic rings. The van der Waals surface area contributed by atoms with Crippen molar-refractivity contribution in [3.05, 3.63) is 57.8 Å². The largest absolute Gasteiger partial charge is 0.451 e. The number of nitrogens with two attached hydrogens (primary N) is 1. The van der Waals surface area contributed by atoms with E-state index in [-0.39, 0.29) is 10.2 Å². The van der Waals surface area contributed by atoms with Gasteiger partial charge >= 0.3 is 0 Å². The summed E-state index contributed by atoms with van der Waals surface area (Å²) in [5, 5.41) is 0. The molecule has 2 aromatic carbocycles. The Balaban J connectivity index is 2.50. The summed E-state index contributed by atoms with van der Waals surface area (Å²) in [6, 6.07) is 5.86. The van der Waals surface area contributed by atoms with Gasteiger partial charge in [-0.15, -0.1) is 0 Å². The summed E-state index contributed by atoms with van der Waals surface area (Å²) in [4.78, 5) is 0. The van der Waals surface area contributed by atoms with Crippen molar-refractivity contribution in [3.8, 4) is 11.5 Å². The fourth-order valence-corrected chi connectivity index (χ4v) is 2.12. The summed E-state index contributed by atoms with van der Waals surface area (Å²) >= 11 is 3.02. The first-order valence-corrected chi connectivity index (χ1v) is 6.56. The molecule has 0 aliphatic rings. The highest BCUT2D eigenvalue weighted by Gasteiger charge is 2.18. The Morgan fingerprint density at radius 3 is 2.50 bits per heavy atom. The van der Waals surface area contributed by atoms with Crippen LogP contribution in [0.1, 0.15) is 18.5 Å². The Bertz CT molecular complexity index is 647. The number of para-hydroxylation sites is 1. The minimum atomic E-state index is -1.19. The molecule has 0 radical (unpaired) electrons. The molecule has 0 saturated carbocycles. The molecule has 106 valence electrons. The highest BCUT2D eigenvalue weighted by molar-refractivity contribution is 9.10. The predicted octanol–water partition coefficient (Wildman–Crippen LogP) is 4.68. The Labute approximate surface area is 122 Å². The number of benzene rings is 2. The molecule has 0 aromatic heterocycles. The molecule has 2 nitrogen and oxygen atoms in total. The fourth-order valence-electron chi connectivity index (χ4n) is 1.71. The first-order chi connectivity index (χ1) is 9.40. The van der Waals surface area contributed by atoms with Crippen LogP contribution in [-0.4, -0.2) is 0 Å². The third kappa shape index (κ3) is 2.96.